The number of rotatable bonds is 6. The molecule has 8 heteroatoms. The molecule has 3 aliphatic carbocycles. The van der Waals surface area contributed by atoms with Crippen LogP contribution in [0.4, 0.5) is 17.5 Å². The van der Waals surface area contributed by atoms with Crippen LogP contribution in [0.15, 0.2) is 24.5 Å². The van der Waals surface area contributed by atoms with E-state index < -0.39 is 0 Å². The Morgan fingerprint density at radius 2 is 1.80 bits per heavy atom. The second kappa shape index (κ2) is 9.83. The first-order valence-corrected chi connectivity index (χ1v) is 13.9. The van der Waals surface area contributed by atoms with Crippen molar-refractivity contribution in [2.45, 2.75) is 94.7 Å². The van der Waals surface area contributed by atoms with Crippen LogP contribution in [0.25, 0.3) is 0 Å². The number of halogens is 1. The normalized spacial score (nSPS) is 27.3. The zero-order chi connectivity index (χ0) is 23.8. The molecular formula is C27H37ClN6O. The summed E-state index contributed by atoms with van der Waals surface area (Å²) >= 11 is 6.06. The summed E-state index contributed by atoms with van der Waals surface area (Å²) in [5.74, 6) is 1.98. The lowest BCUT2D eigenvalue weighted by Crippen LogP contribution is -2.55. The Balaban J connectivity index is 1.15. The predicted molar refractivity (Wildman–Crippen MR) is 139 cm³/mol. The van der Waals surface area contributed by atoms with Crippen LogP contribution in [0.5, 0.6) is 0 Å². The molecule has 1 aliphatic heterocycles. The van der Waals surface area contributed by atoms with Crippen LogP contribution >= 0.6 is 11.6 Å². The van der Waals surface area contributed by atoms with E-state index in [4.69, 9.17) is 16.6 Å². The van der Waals surface area contributed by atoms with Crippen LogP contribution in [0.3, 0.4) is 0 Å². The fourth-order valence-electron chi connectivity index (χ4n) is 6.75. The van der Waals surface area contributed by atoms with Crippen molar-refractivity contribution in [1.82, 2.24) is 19.9 Å². The zero-order valence-electron chi connectivity index (χ0n) is 20.4. The molecule has 4 aliphatic rings. The average molecular weight is 497 g/mol. The van der Waals surface area contributed by atoms with Crippen molar-refractivity contribution < 1.29 is 5.11 Å². The SMILES string of the molecule is OC1CCC(Nc2nc(Nc3ccnc(Cl)c3)ncc2C2CCN(C3CC4(CCC4)C3)CC2)CC1. The summed E-state index contributed by atoms with van der Waals surface area (Å²) < 4.78 is 0. The number of pyridine rings is 1. The fourth-order valence-corrected chi connectivity index (χ4v) is 6.92. The van der Waals surface area contributed by atoms with Gasteiger partial charge in [0, 0.05) is 35.7 Å². The first kappa shape index (κ1) is 23.4. The van der Waals surface area contributed by atoms with Crippen molar-refractivity contribution in [3.05, 3.63) is 35.2 Å². The Kier molecular flexibility index (Phi) is 6.58. The van der Waals surface area contributed by atoms with Crippen molar-refractivity contribution in [1.29, 1.82) is 0 Å². The quantitative estimate of drug-likeness (QED) is 0.455. The van der Waals surface area contributed by atoms with E-state index in [0.29, 0.717) is 23.1 Å². The maximum Gasteiger partial charge on any atom is 0.229 e. The molecule has 1 saturated heterocycles. The van der Waals surface area contributed by atoms with Crippen LogP contribution in [0.1, 0.15) is 82.1 Å². The highest BCUT2D eigenvalue weighted by atomic mass is 35.5. The number of aliphatic hydroxyl groups is 1. The summed E-state index contributed by atoms with van der Waals surface area (Å²) in [7, 11) is 0. The van der Waals surface area contributed by atoms with E-state index in [2.05, 4.69) is 25.5 Å². The number of hydrogen-bond donors (Lipinski definition) is 3. The molecule has 35 heavy (non-hydrogen) atoms. The van der Waals surface area contributed by atoms with E-state index in [9.17, 15) is 5.11 Å². The van der Waals surface area contributed by atoms with Gasteiger partial charge in [0.25, 0.3) is 0 Å². The third kappa shape index (κ3) is 5.13. The van der Waals surface area contributed by atoms with Crippen molar-refractivity contribution in [3.8, 4) is 0 Å². The first-order chi connectivity index (χ1) is 17.1. The largest absolute Gasteiger partial charge is 0.393 e. The number of anilines is 3. The Morgan fingerprint density at radius 3 is 2.49 bits per heavy atom. The summed E-state index contributed by atoms with van der Waals surface area (Å²) in [6.45, 7) is 2.35. The van der Waals surface area contributed by atoms with Gasteiger partial charge in [-0.1, -0.05) is 18.0 Å². The van der Waals surface area contributed by atoms with E-state index in [0.717, 1.165) is 61.5 Å². The molecule has 188 valence electrons. The Hall–Kier alpha value is -1.96. The van der Waals surface area contributed by atoms with Gasteiger partial charge in [-0.2, -0.15) is 4.98 Å². The highest BCUT2D eigenvalue weighted by molar-refractivity contribution is 6.29. The second-order valence-corrected chi connectivity index (χ2v) is 11.8. The van der Waals surface area contributed by atoms with Gasteiger partial charge >= 0.3 is 0 Å². The monoisotopic (exact) mass is 496 g/mol. The third-order valence-electron chi connectivity index (χ3n) is 9.07. The molecule has 0 radical (unpaired) electrons. The summed E-state index contributed by atoms with van der Waals surface area (Å²) in [5.41, 5.74) is 2.79. The van der Waals surface area contributed by atoms with Crippen LogP contribution in [0, 0.1) is 5.41 Å². The molecule has 2 aromatic heterocycles. The second-order valence-electron chi connectivity index (χ2n) is 11.4. The molecule has 2 aromatic rings. The topological polar surface area (TPSA) is 86.2 Å². The van der Waals surface area contributed by atoms with Crippen LogP contribution in [-0.2, 0) is 0 Å². The highest BCUT2D eigenvalue weighted by Gasteiger charge is 2.50. The molecule has 3 N–H and O–H groups in total. The molecule has 0 unspecified atom stereocenters. The van der Waals surface area contributed by atoms with Crippen LogP contribution in [0.2, 0.25) is 5.15 Å². The van der Waals surface area contributed by atoms with E-state index in [1.165, 1.54) is 50.8 Å². The molecule has 0 amide bonds. The summed E-state index contributed by atoms with van der Waals surface area (Å²) in [4.78, 5) is 16.4. The van der Waals surface area contributed by atoms with E-state index in [1.54, 1.807) is 12.3 Å². The Labute approximate surface area is 213 Å². The van der Waals surface area contributed by atoms with Gasteiger partial charge in [0.2, 0.25) is 5.95 Å². The molecule has 7 nitrogen and oxygen atoms in total. The standard InChI is InChI=1S/C27H37ClN6O/c28-24-14-20(6-11-29-24)32-26-30-17-23(25(33-26)31-19-2-4-22(35)5-3-19)18-7-12-34(13-8-18)21-15-27(16-21)9-1-10-27/h6,11,14,17-19,21-22,35H,1-5,7-10,12-13,15-16H2,(H2,29,30,31,32,33). The molecular weight excluding hydrogens is 460 g/mol. The zero-order valence-corrected chi connectivity index (χ0v) is 21.2. The lowest BCUT2D eigenvalue weighted by molar-refractivity contribution is -0.0611. The average Bonchev–Trinajstić information content (AvgIpc) is 2.80. The maximum absolute atomic E-state index is 9.94. The van der Waals surface area contributed by atoms with Crippen molar-refractivity contribution in [3.63, 3.8) is 0 Å². The Bertz CT molecular complexity index is 1020. The van der Waals surface area contributed by atoms with Gasteiger partial charge in [-0.15, -0.1) is 0 Å². The summed E-state index contributed by atoms with van der Waals surface area (Å²) in [5, 5.41) is 17.4. The maximum atomic E-state index is 9.94. The highest BCUT2D eigenvalue weighted by Crippen LogP contribution is 2.57. The molecule has 0 aromatic carbocycles. The van der Waals surface area contributed by atoms with Crippen LogP contribution in [-0.4, -0.2) is 56.2 Å². The molecule has 3 heterocycles. The number of hydrogen-bond acceptors (Lipinski definition) is 7. The van der Waals surface area contributed by atoms with Crippen molar-refractivity contribution in [2.75, 3.05) is 23.7 Å². The number of aromatic nitrogens is 3. The van der Waals surface area contributed by atoms with E-state index in [-0.39, 0.29) is 6.10 Å². The number of piperidine rings is 1. The number of likely N-dealkylation sites (tertiary alicyclic amines) is 1. The lowest BCUT2D eigenvalue weighted by Gasteiger charge is -2.58. The van der Waals surface area contributed by atoms with Gasteiger partial charge in [0.15, 0.2) is 0 Å². The van der Waals surface area contributed by atoms with Gasteiger partial charge < -0.3 is 20.6 Å². The lowest BCUT2D eigenvalue weighted by atomic mass is 9.53. The van der Waals surface area contributed by atoms with Crippen molar-refractivity contribution in [2.24, 2.45) is 5.41 Å². The fraction of sp³-hybridized carbons (Fsp3) is 0.667. The summed E-state index contributed by atoms with van der Waals surface area (Å²) in [6, 6.07) is 4.79. The molecule has 3 saturated carbocycles. The summed E-state index contributed by atoms with van der Waals surface area (Å²) in [6.07, 6.45) is 16.7. The Morgan fingerprint density at radius 1 is 1.03 bits per heavy atom. The van der Waals surface area contributed by atoms with E-state index in [1.807, 2.05) is 12.3 Å². The van der Waals surface area contributed by atoms with Gasteiger partial charge in [-0.3, -0.25) is 0 Å². The molecule has 0 bridgehead atoms. The number of nitrogens with zero attached hydrogens (tertiary/aromatic N) is 4. The number of nitrogens with one attached hydrogen (secondary N) is 2. The minimum absolute atomic E-state index is 0.165. The van der Waals surface area contributed by atoms with Crippen molar-refractivity contribution >= 4 is 29.1 Å². The molecule has 6 rings (SSSR count). The first-order valence-electron chi connectivity index (χ1n) is 13.5. The van der Waals surface area contributed by atoms with Gasteiger partial charge in [0.05, 0.1) is 6.10 Å². The minimum Gasteiger partial charge on any atom is -0.393 e. The third-order valence-corrected chi connectivity index (χ3v) is 9.28. The smallest absolute Gasteiger partial charge is 0.229 e. The van der Waals surface area contributed by atoms with Gasteiger partial charge in [-0.25, -0.2) is 9.97 Å². The molecule has 1 spiro atoms. The minimum atomic E-state index is -0.165. The molecule has 0 atom stereocenters. The predicted octanol–water partition coefficient (Wildman–Crippen LogP) is 5.50. The van der Waals surface area contributed by atoms with Gasteiger partial charge in [-0.05, 0) is 101 Å². The number of aliphatic hydroxyl groups excluding tert-OH is 1. The van der Waals surface area contributed by atoms with Gasteiger partial charge in [0.1, 0.15) is 11.0 Å². The van der Waals surface area contributed by atoms with E-state index >= 15 is 0 Å². The molecule has 4 fully saturated rings. The van der Waals surface area contributed by atoms with Crippen LogP contribution < -0.4 is 10.6 Å².